The Labute approximate surface area is 121 Å². The molecule has 0 amide bonds. The summed E-state index contributed by atoms with van der Waals surface area (Å²) in [6, 6.07) is 0. The molecule has 1 aliphatic carbocycles. The largest absolute Gasteiger partial charge is 0.378 e. The van der Waals surface area contributed by atoms with Gasteiger partial charge in [0, 0.05) is 16.1 Å². The van der Waals surface area contributed by atoms with Gasteiger partial charge >= 0.3 is 0 Å². The van der Waals surface area contributed by atoms with Gasteiger partial charge in [-0.25, -0.2) is 8.42 Å². The van der Waals surface area contributed by atoms with Gasteiger partial charge in [-0.1, -0.05) is 19.3 Å². The van der Waals surface area contributed by atoms with Crippen LogP contribution in [0.5, 0.6) is 0 Å². The van der Waals surface area contributed by atoms with Crippen molar-refractivity contribution in [2.45, 2.75) is 52.1 Å². The van der Waals surface area contributed by atoms with E-state index in [0.29, 0.717) is 19.8 Å². The van der Waals surface area contributed by atoms with Crippen LogP contribution in [0.15, 0.2) is 0 Å². The summed E-state index contributed by atoms with van der Waals surface area (Å²) in [7, 11) is 1.95. The fourth-order valence-electron chi connectivity index (χ4n) is 2.63. The van der Waals surface area contributed by atoms with Crippen LogP contribution < -0.4 is 0 Å². The van der Waals surface area contributed by atoms with E-state index < -0.39 is 9.05 Å². The monoisotopic (exact) mass is 312 g/mol. The van der Waals surface area contributed by atoms with Gasteiger partial charge in [0.05, 0.1) is 31.7 Å². The van der Waals surface area contributed by atoms with Gasteiger partial charge in [0.25, 0.3) is 0 Å². The molecule has 0 unspecified atom stereocenters. The van der Waals surface area contributed by atoms with E-state index in [9.17, 15) is 8.42 Å². The molecule has 1 aliphatic rings. The molecule has 0 aromatic rings. The predicted octanol–water partition coefficient (Wildman–Crippen LogP) is 2.95. The van der Waals surface area contributed by atoms with Gasteiger partial charge in [-0.2, -0.15) is 0 Å². The number of hydrogen-bond donors (Lipinski definition) is 0. The van der Waals surface area contributed by atoms with E-state index in [2.05, 4.69) is 0 Å². The molecule has 0 heterocycles. The highest BCUT2D eigenvalue weighted by atomic mass is 35.7. The van der Waals surface area contributed by atoms with Gasteiger partial charge < -0.3 is 9.47 Å². The molecule has 0 radical (unpaired) electrons. The summed E-state index contributed by atoms with van der Waals surface area (Å²) in [6.07, 6.45) is 5.22. The average molecular weight is 313 g/mol. The molecule has 0 aromatic carbocycles. The summed E-state index contributed by atoms with van der Waals surface area (Å²) in [5, 5.41) is 0. The van der Waals surface area contributed by atoms with Crippen LogP contribution in [0, 0.1) is 5.41 Å². The van der Waals surface area contributed by atoms with Crippen molar-refractivity contribution < 1.29 is 17.9 Å². The van der Waals surface area contributed by atoms with Crippen molar-refractivity contribution in [3.05, 3.63) is 0 Å². The van der Waals surface area contributed by atoms with Crippen LogP contribution in [0.3, 0.4) is 0 Å². The summed E-state index contributed by atoms with van der Waals surface area (Å²) in [6.45, 7) is 5.45. The number of halogens is 1. The molecular weight excluding hydrogens is 288 g/mol. The molecule has 0 saturated heterocycles. The van der Waals surface area contributed by atoms with E-state index >= 15 is 0 Å². The van der Waals surface area contributed by atoms with Crippen molar-refractivity contribution >= 4 is 19.7 Å². The van der Waals surface area contributed by atoms with Gasteiger partial charge in [0.2, 0.25) is 9.05 Å². The van der Waals surface area contributed by atoms with E-state index in [1.54, 1.807) is 0 Å². The molecule has 6 heteroatoms. The molecule has 0 N–H and O–H groups in total. The Morgan fingerprint density at radius 2 is 1.79 bits per heavy atom. The second-order valence-electron chi connectivity index (χ2n) is 5.72. The minimum absolute atomic E-state index is 0.0204. The normalized spacial score (nSPS) is 19.8. The fraction of sp³-hybridized carbons (Fsp3) is 1.00. The third kappa shape index (κ3) is 7.49. The SMILES string of the molecule is CC(C)OCCOCC1(CS(=O)(=O)Cl)CCCCC1. The smallest absolute Gasteiger partial charge is 0.233 e. The van der Waals surface area contributed by atoms with E-state index in [1.165, 1.54) is 6.42 Å². The van der Waals surface area contributed by atoms with E-state index in [-0.39, 0.29) is 17.3 Å². The maximum absolute atomic E-state index is 11.4. The minimum Gasteiger partial charge on any atom is -0.378 e. The van der Waals surface area contributed by atoms with Gasteiger partial charge in [-0.3, -0.25) is 0 Å². The Kier molecular flexibility index (Phi) is 7.08. The zero-order chi connectivity index (χ0) is 14.4. The zero-order valence-electron chi connectivity index (χ0n) is 11.9. The van der Waals surface area contributed by atoms with Crippen molar-refractivity contribution in [2.24, 2.45) is 5.41 Å². The van der Waals surface area contributed by atoms with Crippen molar-refractivity contribution in [1.29, 1.82) is 0 Å². The summed E-state index contributed by atoms with van der Waals surface area (Å²) in [4.78, 5) is 0. The van der Waals surface area contributed by atoms with Gasteiger partial charge in [-0.05, 0) is 26.7 Å². The first-order valence-corrected chi connectivity index (χ1v) is 9.43. The molecule has 19 heavy (non-hydrogen) atoms. The van der Waals surface area contributed by atoms with Crippen molar-refractivity contribution in [1.82, 2.24) is 0 Å². The zero-order valence-corrected chi connectivity index (χ0v) is 13.4. The quantitative estimate of drug-likeness (QED) is 0.511. The highest BCUT2D eigenvalue weighted by Gasteiger charge is 2.36. The molecule has 1 saturated carbocycles. The molecule has 4 nitrogen and oxygen atoms in total. The van der Waals surface area contributed by atoms with E-state index in [4.69, 9.17) is 20.2 Å². The summed E-state index contributed by atoms with van der Waals surface area (Å²) < 4.78 is 33.8. The van der Waals surface area contributed by atoms with Gasteiger partial charge in [-0.15, -0.1) is 0 Å². The third-order valence-corrected chi connectivity index (χ3v) is 4.76. The third-order valence-electron chi connectivity index (χ3n) is 3.48. The number of rotatable bonds is 8. The highest BCUT2D eigenvalue weighted by molar-refractivity contribution is 8.13. The Morgan fingerprint density at radius 1 is 1.16 bits per heavy atom. The van der Waals surface area contributed by atoms with Crippen LogP contribution in [0.25, 0.3) is 0 Å². The van der Waals surface area contributed by atoms with Gasteiger partial charge in [0.1, 0.15) is 0 Å². The molecule has 114 valence electrons. The van der Waals surface area contributed by atoms with E-state index in [0.717, 1.165) is 25.7 Å². The fourth-order valence-corrected chi connectivity index (χ4v) is 4.43. The molecule has 0 atom stereocenters. The lowest BCUT2D eigenvalue weighted by Crippen LogP contribution is -2.36. The number of ether oxygens (including phenoxy) is 2. The first kappa shape index (κ1) is 17.2. The Balaban J connectivity index is 2.41. The molecule has 1 fully saturated rings. The summed E-state index contributed by atoms with van der Waals surface area (Å²) in [5.74, 6) is 0.0204. The Morgan fingerprint density at radius 3 is 2.32 bits per heavy atom. The molecule has 0 spiro atoms. The van der Waals surface area contributed by atoms with Crippen molar-refractivity contribution in [3.8, 4) is 0 Å². The first-order chi connectivity index (χ1) is 8.83. The van der Waals surface area contributed by atoms with Crippen molar-refractivity contribution in [3.63, 3.8) is 0 Å². The molecule has 1 rings (SSSR count). The second kappa shape index (κ2) is 7.81. The predicted molar refractivity (Wildman–Crippen MR) is 77.1 cm³/mol. The standard InChI is InChI=1S/C13H25ClO4S/c1-12(2)18-9-8-17-10-13(11-19(14,15)16)6-4-3-5-7-13/h12H,3-11H2,1-2H3. The van der Waals surface area contributed by atoms with Crippen LogP contribution in [0.2, 0.25) is 0 Å². The molecule has 0 bridgehead atoms. The maximum Gasteiger partial charge on any atom is 0.233 e. The lowest BCUT2D eigenvalue weighted by atomic mass is 9.76. The lowest BCUT2D eigenvalue weighted by molar-refractivity contribution is -0.0148. The number of hydrogen-bond acceptors (Lipinski definition) is 4. The van der Waals surface area contributed by atoms with Crippen LogP contribution in [-0.4, -0.2) is 40.1 Å². The first-order valence-electron chi connectivity index (χ1n) is 6.95. The minimum atomic E-state index is -3.48. The van der Waals surface area contributed by atoms with Crippen LogP contribution in [0.4, 0.5) is 0 Å². The Bertz CT molecular complexity index is 348. The van der Waals surface area contributed by atoms with Crippen molar-refractivity contribution in [2.75, 3.05) is 25.6 Å². The van der Waals surface area contributed by atoms with E-state index in [1.807, 2.05) is 13.8 Å². The molecular formula is C13H25ClO4S. The van der Waals surface area contributed by atoms with Crippen LogP contribution in [-0.2, 0) is 18.5 Å². The molecule has 0 aromatic heterocycles. The summed E-state index contributed by atoms with van der Waals surface area (Å²) >= 11 is 0. The summed E-state index contributed by atoms with van der Waals surface area (Å²) in [5.41, 5.74) is -0.295. The lowest BCUT2D eigenvalue weighted by Gasteiger charge is -2.35. The van der Waals surface area contributed by atoms with Crippen LogP contribution in [0.1, 0.15) is 46.0 Å². The topological polar surface area (TPSA) is 52.6 Å². The molecule has 0 aliphatic heterocycles. The Hall–Kier alpha value is 0.160. The van der Waals surface area contributed by atoms with Crippen LogP contribution >= 0.6 is 10.7 Å². The van der Waals surface area contributed by atoms with Gasteiger partial charge in [0.15, 0.2) is 0 Å². The second-order valence-corrected chi connectivity index (χ2v) is 8.49. The maximum atomic E-state index is 11.4. The average Bonchev–Trinajstić information content (AvgIpc) is 2.27. The highest BCUT2D eigenvalue weighted by Crippen LogP contribution is 2.38.